The van der Waals surface area contributed by atoms with Crippen LogP contribution in [0.3, 0.4) is 0 Å². The van der Waals surface area contributed by atoms with Crippen LogP contribution in [0.1, 0.15) is 53.8 Å². The molecule has 1 N–H and O–H groups in total. The number of carbonyl (C=O) groups is 1. The summed E-state index contributed by atoms with van der Waals surface area (Å²) in [5.41, 5.74) is 2.26. The fourth-order valence-corrected chi connectivity index (χ4v) is 4.35. The summed E-state index contributed by atoms with van der Waals surface area (Å²) < 4.78 is 7.48. The molecule has 4 rings (SSSR count). The zero-order valence-electron chi connectivity index (χ0n) is 17.6. The molecule has 3 aromatic rings. The predicted molar refractivity (Wildman–Crippen MR) is 119 cm³/mol. The average molecular weight is 405 g/mol. The molecule has 5 heteroatoms. The SMILES string of the molecule is CCC(NC(=O)c1c(C)n(C[C@@H]2CCCO2)c(=O)c2ccccc12)c1ccccc1. The van der Waals surface area contributed by atoms with Crippen LogP contribution in [0.2, 0.25) is 0 Å². The zero-order valence-corrected chi connectivity index (χ0v) is 17.6. The Balaban J connectivity index is 1.77. The average Bonchev–Trinajstić information content (AvgIpc) is 3.29. The van der Waals surface area contributed by atoms with Gasteiger partial charge in [-0.3, -0.25) is 9.59 Å². The van der Waals surface area contributed by atoms with Crippen molar-refractivity contribution in [2.45, 2.75) is 51.8 Å². The molecule has 1 aromatic heterocycles. The number of ether oxygens (including phenoxy) is 1. The highest BCUT2D eigenvalue weighted by Crippen LogP contribution is 2.23. The van der Waals surface area contributed by atoms with Crippen molar-refractivity contribution >= 4 is 16.7 Å². The molecule has 0 saturated carbocycles. The molecule has 5 nitrogen and oxygen atoms in total. The monoisotopic (exact) mass is 404 g/mol. The van der Waals surface area contributed by atoms with Crippen LogP contribution in [-0.2, 0) is 11.3 Å². The first-order valence-corrected chi connectivity index (χ1v) is 10.7. The molecule has 1 amide bonds. The van der Waals surface area contributed by atoms with Gasteiger partial charge in [-0.15, -0.1) is 0 Å². The number of aromatic nitrogens is 1. The van der Waals surface area contributed by atoms with Crippen LogP contribution in [0, 0.1) is 6.92 Å². The lowest BCUT2D eigenvalue weighted by atomic mass is 10.0. The number of fused-ring (bicyclic) bond motifs is 1. The van der Waals surface area contributed by atoms with Crippen molar-refractivity contribution < 1.29 is 9.53 Å². The number of hydrogen-bond acceptors (Lipinski definition) is 3. The minimum Gasteiger partial charge on any atom is -0.376 e. The molecule has 2 atom stereocenters. The summed E-state index contributed by atoms with van der Waals surface area (Å²) in [4.78, 5) is 26.7. The van der Waals surface area contributed by atoms with E-state index in [9.17, 15) is 9.59 Å². The molecule has 1 unspecified atom stereocenters. The molecule has 2 aromatic carbocycles. The van der Waals surface area contributed by atoms with Crippen molar-refractivity contribution in [1.82, 2.24) is 9.88 Å². The number of pyridine rings is 1. The van der Waals surface area contributed by atoms with Gasteiger partial charge in [0.2, 0.25) is 0 Å². The van der Waals surface area contributed by atoms with Crippen molar-refractivity contribution in [3.63, 3.8) is 0 Å². The summed E-state index contributed by atoms with van der Waals surface area (Å²) in [6.07, 6.45) is 2.74. The summed E-state index contributed by atoms with van der Waals surface area (Å²) >= 11 is 0. The lowest BCUT2D eigenvalue weighted by Crippen LogP contribution is -2.34. The van der Waals surface area contributed by atoms with Crippen LogP contribution < -0.4 is 10.9 Å². The number of nitrogens with zero attached hydrogens (tertiary/aromatic N) is 1. The summed E-state index contributed by atoms with van der Waals surface area (Å²) in [5.74, 6) is -0.152. The molecular formula is C25H28N2O3. The number of nitrogens with one attached hydrogen (secondary N) is 1. The van der Waals surface area contributed by atoms with Crippen molar-refractivity contribution in [3.8, 4) is 0 Å². The lowest BCUT2D eigenvalue weighted by molar-refractivity contribution is 0.0920. The van der Waals surface area contributed by atoms with E-state index in [4.69, 9.17) is 4.74 Å². The van der Waals surface area contributed by atoms with Gasteiger partial charge in [-0.05, 0) is 37.8 Å². The normalized spacial score (nSPS) is 17.2. The third kappa shape index (κ3) is 3.90. The fraction of sp³-hybridized carbons (Fsp3) is 0.360. The summed E-state index contributed by atoms with van der Waals surface area (Å²) in [6, 6.07) is 17.3. The molecule has 1 aliphatic rings. The Morgan fingerprint density at radius 1 is 1.13 bits per heavy atom. The molecule has 0 aliphatic carbocycles. The highest BCUT2D eigenvalue weighted by molar-refractivity contribution is 6.07. The van der Waals surface area contributed by atoms with E-state index >= 15 is 0 Å². The van der Waals surface area contributed by atoms with Crippen LogP contribution >= 0.6 is 0 Å². The maximum absolute atomic E-state index is 13.5. The van der Waals surface area contributed by atoms with Crippen LogP contribution in [-0.4, -0.2) is 23.2 Å². The first kappa shape index (κ1) is 20.4. The highest BCUT2D eigenvalue weighted by Gasteiger charge is 2.24. The molecule has 156 valence electrons. The Bertz CT molecular complexity index is 1100. The van der Waals surface area contributed by atoms with Gasteiger partial charge >= 0.3 is 0 Å². The molecule has 1 fully saturated rings. The Hall–Kier alpha value is -2.92. The van der Waals surface area contributed by atoms with E-state index in [2.05, 4.69) is 12.2 Å². The topological polar surface area (TPSA) is 60.3 Å². The van der Waals surface area contributed by atoms with Gasteiger partial charge in [0.05, 0.1) is 24.3 Å². The minimum absolute atomic E-state index is 0.0196. The fourth-order valence-electron chi connectivity index (χ4n) is 4.35. The van der Waals surface area contributed by atoms with Gasteiger partial charge in [0.1, 0.15) is 0 Å². The van der Waals surface area contributed by atoms with E-state index in [0.29, 0.717) is 28.6 Å². The van der Waals surface area contributed by atoms with Gasteiger partial charge in [-0.2, -0.15) is 0 Å². The quantitative estimate of drug-likeness (QED) is 0.664. The largest absolute Gasteiger partial charge is 0.376 e. The molecular weight excluding hydrogens is 376 g/mol. The van der Waals surface area contributed by atoms with E-state index in [0.717, 1.165) is 31.4 Å². The van der Waals surface area contributed by atoms with Crippen LogP contribution in [0.4, 0.5) is 0 Å². The van der Waals surface area contributed by atoms with Gasteiger partial charge in [0.15, 0.2) is 0 Å². The first-order valence-electron chi connectivity index (χ1n) is 10.7. The zero-order chi connectivity index (χ0) is 21.1. The number of rotatable bonds is 6. The second kappa shape index (κ2) is 8.84. The molecule has 0 bridgehead atoms. The van der Waals surface area contributed by atoms with Gasteiger partial charge < -0.3 is 14.6 Å². The maximum atomic E-state index is 13.5. The Kier molecular flexibility index (Phi) is 6.00. The van der Waals surface area contributed by atoms with Crippen LogP contribution in [0.5, 0.6) is 0 Å². The number of amides is 1. The number of carbonyl (C=O) groups excluding carboxylic acids is 1. The van der Waals surface area contributed by atoms with Gasteiger partial charge in [-0.25, -0.2) is 0 Å². The smallest absolute Gasteiger partial charge is 0.258 e. The lowest BCUT2D eigenvalue weighted by Gasteiger charge is -2.22. The van der Waals surface area contributed by atoms with E-state index < -0.39 is 0 Å². The molecule has 2 heterocycles. The van der Waals surface area contributed by atoms with Gasteiger partial charge in [-0.1, -0.05) is 55.5 Å². The Morgan fingerprint density at radius 3 is 2.50 bits per heavy atom. The molecule has 30 heavy (non-hydrogen) atoms. The van der Waals surface area contributed by atoms with E-state index in [1.165, 1.54) is 0 Å². The van der Waals surface area contributed by atoms with E-state index in [1.54, 1.807) is 10.6 Å². The standard InChI is InChI=1S/C25H28N2O3/c1-3-22(18-10-5-4-6-11-18)26-24(28)23-17(2)27(16-19-12-9-15-30-19)25(29)21-14-8-7-13-20(21)23/h4-8,10-11,13-14,19,22H,3,9,12,15-16H2,1-2H3,(H,26,28)/t19-,22?/m0/s1. The van der Waals surface area contributed by atoms with Gasteiger partial charge in [0.25, 0.3) is 11.5 Å². The predicted octanol–water partition coefficient (Wildman–Crippen LogP) is 4.37. The first-order chi connectivity index (χ1) is 14.6. The van der Waals surface area contributed by atoms with E-state index in [1.807, 2.05) is 55.5 Å². The minimum atomic E-state index is -0.152. The van der Waals surface area contributed by atoms with Crippen LogP contribution in [0.25, 0.3) is 10.8 Å². The summed E-state index contributed by atoms with van der Waals surface area (Å²) in [5, 5.41) is 4.45. The van der Waals surface area contributed by atoms with Crippen molar-refractivity contribution in [1.29, 1.82) is 0 Å². The van der Waals surface area contributed by atoms with Gasteiger partial charge in [0, 0.05) is 23.1 Å². The maximum Gasteiger partial charge on any atom is 0.258 e. The summed E-state index contributed by atoms with van der Waals surface area (Å²) in [6.45, 7) is 5.13. The second-order valence-electron chi connectivity index (χ2n) is 7.90. The Morgan fingerprint density at radius 2 is 1.83 bits per heavy atom. The summed E-state index contributed by atoms with van der Waals surface area (Å²) in [7, 11) is 0. The second-order valence-corrected chi connectivity index (χ2v) is 7.90. The third-order valence-electron chi connectivity index (χ3n) is 5.99. The molecule has 0 radical (unpaired) electrons. The molecule has 0 spiro atoms. The van der Waals surface area contributed by atoms with Crippen molar-refractivity contribution in [2.24, 2.45) is 0 Å². The molecule has 1 aliphatic heterocycles. The number of benzene rings is 2. The number of hydrogen-bond donors (Lipinski definition) is 1. The Labute approximate surface area is 176 Å². The van der Waals surface area contributed by atoms with Crippen LogP contribution in [0.15, 0.2) is 59.4 Å². The third-order valence-corrected chi connectivity index (χ3v) is 5.99. The van der Waals surface area contributed by atoms with Crippen molar-refractivity contribution in [3.05, 3.63) is 81.8 Å². The van der Waals surface area contributed by atoms with Crippen molar-refractivity contribution in [2.75, 3.05) is 6.61 Å². The van der Waals surface area contributed by atoms with E-state index in [-0.39, 0.29) is 23.6 Å². The highest BCUT2D eigenvalue weighted by atomic mass is 16.5. The molecule has 1 saturated heterocycles.